The number of aliphatic hydroxyl groups is 1. The summed E-state index contributed by atoms with van der Waals surface area (Å²) in [6, 6.07) is 0. The number of rotatable bonds is 0. The van der Waals surface area contributed by atoms with Crippen molar-refractivity contribution in [2.75, 3.05) is 6.61 Å². The third kappa shape index (κ3) is 2.96. The molecule has 0 spiro atoms. The summed E-state index contributed by atoms with van der Waals surface area (Å²) in [5.74, 6) is 0. The van der Waals surface area contributed by atoms with E-state index in [1.54, 1.807) is 6.20 Å². The van der Waals surface area contributed by atoms with Crippen molar-refractivity contribution >= 4 is 22.3 Å². The van der Waals surface area contributed by atoms with Crippen LogP contribution in [0, 0.1) is 0 Å². The van der Waals surface area contributed by atoms with Gasteiger partial charge >= 0.3 is 0 Å². The Labute approximate surface area is 92.3 Å². The van der Waals surface area contributed by atoms with E-state index in [-0.39, 0.29) is 0 Å². The fourth-order valence-corrected chi connectivity index (χ4v) is 1.55. The number of allylic oxidation sites excluding steroid dienone is 2. The second kappa shape index (κ2) is 5.32. The van der Waals surface area contributed by atoms with Crippen LogP contribution in [-0.4, -0.2) is 24.2 Å². The molecular weight excluding hydrogens is 246 g/mol. The summed E-state index contributed by atoms with van der Waals surface area (Å²) >= 11 is 3.39. The van der Waals surface area contributed by atoms with Gasteiger partial charge in [0.2, 0.25) is 0 Å². The molecule has 0 radical (unpaired) electrons. The number of ether oxygens (including phenoxy) is 1. The smallest absolute Gasteiger partial charge is 0.173 e. The van der Waals surface area contributed by atoms with Crippen LogP contribution < -0.4 is 0 Å². The Morgan fingerprint density at radius 3 is 3.00 bits per heavy atom. The van der Waals surface area contributed by atoms with Crippen LogP contribution in [-0.2, 0) is 4.74 Å². The molecule has 14 heavy (non-hydrogen) atoms. The third-order valence-electron chi connectivity index (χ3n) is 2.28. The lowest BCUT2D eigenvalue weighted by molar-refractivity contribution is 0.167. The molecule has 1 unspecified atom stereocenters. The van der Waals surface area contributed by atoms with E-state index in [0.717, 1.165) is 15.6 Å². The second-order valence-corrected chi connectivity index (χ2v) is 4.07. The molecule has 1 N–H and O–H groups in total. The van der Waals surface area contributed by atoms with Crippen LogP contribution in [0.15, 0.2) is 26.8 Å². The molecule has 1 rings (SSSR count). The van der Waals surface area contributed by atoms with Crippen LogP contribution >= 0.6 is 15.9 Å². The first-order valence-electron chi connectivity index (χ1n) is 4.47. The van der Waals surface area contributed by atoms with Gasteiger partial charge in [-0.3, -0.25) is 0 Å². The Morgan fingerprint density at radius 2 is 2.29 bits per heavy atom. The van der Waals surface area contributed by atoms with Crippen molar-refractivity contribution in [2.45, 2.75) is 26.4 Å². The van der Waals surface area contributed by atoms with Crippen LogP contribution in [0.3, 0.4) is 0 Å². The standard InChI is InChI=1S/C10H14BrNO2/c1-7-8(2)10(13)3-4-14-6-12-5-9(7)11/h5-6,10,13H,3-4H2,1-2H3/b8-7+,9-5+,12-6+. The van der Waals surface area contributed by atoms with Gasteiger partial charge in [0, 0.05) is 17.1 Å². The van der Waals surface area contributed by atoms with Crippen LogP contribution in [0.25, 0.3) is 0 Å². The Hall–Kier alpha value is -0.610. The van der Waals surface area contributed by atoms with Crippen molar-refractivity contribution in [1.82, 2.24) is 0 Å². The summed E-state index contributed by atoms with van der Waals surface area (Å²) in [7, 11) is 0. The molecule has 4 heteroatoms. The highest BCUT2D eigenvalue weighted by atomic mass is 79.9. The van der Waals surface area contributed by atoms with E-state index in [0.29, 0.717) is 13.0 Å². The van der Waals surface area contributed by atoms with Crippen molar-refractivity contribution in [2.24, 2.45) is 4.99 Å². The number of aliphatic imine (C=N–C) groups is 1. The predicted octanol–water partition coefficient (Wildman–Crippen LogP) is 2.37. The third-order valence-corrected chi connectivity index (χ3v) is 3.08. The monoisotopic (exact) mass is 259 g/mol. The minimum atomic E-state index is -0.442. The minimum absolute atomic E-state index is 0.442. The second-order valence-electron chi connectivity index (χ2n) is 3.21. The van der Waals surface area contributed by atoms with Gasteiger partial charge in [0.05, 0.1) is 12.7 Å². The number of hydrogen-bond donors (Lipinski definition) is 1. The van der Waals surface area contributed by atoms with Crippen LogP contribution in [0.5, 0.6) is 0 Å². The van der Waals surface area contributed by atoms with Crippen molar-refractivity contribution < 1.29 is 9.84 Å². The van der Waals surface area contributed by atoms with E-state index in [4.69, 9.17) is 4.74 Å². The molecule has 1 aliphatic heterocycles. The fourth-order valence-electron chi connectivity index (χ4n) is 1.12. The molecule has 0 bridgehead atoms. The first kappa shape index (κ1) is 11.5. The highest BCUT2D eigenvalue weighted by Crippen LogP contribution is 2.23. The highest BCUT2D eigenvalue weighted by molar-refractivity contribution is 9.12. The van der Waals surface area contributed by atoms with E-state index in [1.807, 2.05) is 13.8 Å². The molecular formula is C10H14BrNO2. The summed E-state index contributed by atoms with van der Waals surface area (Å²) in [6.07, 6.45) is 3.20. The van der Waals surface area contributed by atoms with Gasteiger partial charge in [-0.05, 0) is 40.9 Å². The van der Waals surface area contributed by atoms with Gasteiger partial charge in [-0.2, -0.15) is 0 Å². The van der Waals surface area contributed by atoms with Gasteiger partial charge in [-0.1, -0.05) is 0 Å². The zero-order valence-corrected chi connectivity index (χ0v) is 9.91. The first-order valence-corrected chi connectivity index (χ1v) is 5.27. The number of nitrogens with zero attached hydrogens (tertiary/aromatic N) is 1. The van der Waals surface area contributed by atoms with Gasteiger partial charge in [0.25, 0.3) is 0 Å². The lowest BCUT2D eigenvalue weighted by Crippen LogP contribution is -2.13. The summed E-state index contributed by atoms with van der Waals surface area (Å²) in [4.78, 5) is 3.95. The molecule has 78 valence electrons. The molecule has 1 heterocycles. The molecule has 0 aromatic carbocycles. The van der Waals surface area contributed by atoms with Crippen LogP contribution in [0.4, 0.5) is 0 Å². The zero-order chi connectivity index (χ0) is 10.6. The van der Waals surface area contributed by atoms with Crippen molar-refractivity contribution in [3.63, 3.8) is 0 Å². The molecule has 0 amide bonds. The Kier molecular flexibility index (Phi) is 4.35. The summed E-state index contributed by atoms with van der Waals surface area (Å²) < 4.78 is 5.94. The maximum atomic E-state index is 9.76. The fraction of sp³-hybridized carbons (Fsp3) is 0.500. The summed E-state index contributed by atoms with van der Waals surface area (Å²) in [5.41, 5.74) is 1.98. The number of hydrogen-bond acceptors (Lipinski definition) is 3. The molecule has 0 aromatic rings. The molecule has 0 aliphatic carbocycles. The maximum absolute atomic E-state index is 9.76. The van der Waals surface area contributed by atoms with Gasteiger partial charge < -0.3 is 9.84 Å². The number of aliphatic hydroxyl groups excluding tert-OH is 1. The van der Waals surface area contributed by atoms with Gasteiger partial charge in [0.15, 0.2) is 6.40 Å². The average Bonchev–Trinajstić information content (AvgIpc) is 2.19. The Bertz CT molecular complexity index is 294. The van der Waals surface area contributed by atoms with Gasteiger partial charge in [0.1, 0.15) is 0 Å². The predicted molar refractivity (Wildman–Crippen MR) is 60.5 cm³/mol. The van der Waals surface area contributed by atoms with Crippen LogP contribution in [0.2, 0.25) is 0 Å². The lowest BCUT2D eigenvalue weighted by atomic mass is 10.0. The SMILES string of the molecule is CC1=C(/C)C(O)CCO/C=N/C=C\1Br. The Balaban J connectivity index is 2.98. The average molecular weight is 260 g/mol. The van der Waals surface area contributed by atoms with E-state index in [1.165, 1.54) is 6.40 Å². The Morgan fingerprint density at radius 1 is 1.57 bits per heavy atom. The van der Waals surface area contributed by atoms with E-state index in [2.05, 4.69) is 20.9 Å². The zero-order valence-electron chi connectivity index (χ0n) is 8.33. The van der Waals surface area contributed by atoms with E-state index in [9.17, 15) is 5.11 Å². The maximum Gasteiger partial charge on any atom is 0.173 e. The van der Waals surface area contributed by atoms with Crippen molar-refractivity contribution in [3.05, 3.63) is 21.8 Å². The van der Waals surface area contributed by atoms with Crippen LogP contribution in [0.1, 0.15) is 20.3 Å². The highest BCUT2D eigenvalue weighted by Gasteiger charge is 2.11. The molecule has 3 nitrogen and oxygen atoms in total. The molecule has 1 atom stereocenters. The lowest BCUT2D eigenvalue weighted by Gasteiger charge is -2.15. The number of halogens is 1. The molecule has 0 saturated heterocycles. The quantitative estimate of drug-likeness (QED) is 0.726. The molecule has 0 fully saturated rings. The van der Waals surface area contributed by atoms with Gasteiger partial charge in [-0.25, -0.2) is 4.99 Å². The van der Waals surface area contributed by atoms with Crippen molar-refractivity contribution in [3.8, 4) is 0 Å². The minimum Gasteiger partial charge on any atom is -0.483 e. The first-order chi connectivity index (χ1) is 6.63. The largest absolute Gasteiger partial charge is 0.483 e. The van der Waals surface area contributed by atoms with E-state index >= 15 is 0 Å². The summed E-state index contributed by atoms with van der Waals surface area (Å²) in [6.45, 7) is 4.36. The molecule has 1 aliphatic rings. The van der Waals surface area contributed by atoms with E-state index < -0.39 is 6.10 Å². The van der Waals surface area contributed by atoms with Gasteiger partial charge in [-0.15, -0.1) is 0 Å². The normalized spacial score (nSPS) is 35.4. The molecule has 0 aromatic heterocycles. The molecule has 0 saturated carbocycles. The topological polar surface area (TPSA) is 41.8 Å². The van der Waals surface area contributed by atoms with Crippen molar-refractivity contribution in [1.29, 1.82) is 0 Å². The summed E-state index contributed by atoms with van der Waals surface area (Å²) in [5, 5.41) is 9.76.